The fourth-order valence-electron chi connectivity index (χ4n) is 2.72. The molecule has 0 aliphatic heterocycles. The van der Waals surface area contributed by atoms with E-state index >= 15 is 0 Å². The van der Waals surface area contributed by atoms with Gasteiger partial charge in [-0.05, 0) is 53.9 Å². The van der Waals surface area contributed by atoms with E-state index in [2.05, 4.69) is 34.7 Å². The highest BCUT2D eigenvalue weighted by Gasteiger charge is 2.41. The first-order valence-corrected chi connectivity index (χ1v) is 7.22. The standard InChI is InChI=1S/C13H23N5/c1-9(2)14-7-13-15-16-17-18(13)8-12(10-3-4-10)11-5-6-11/h9-12,14H,3-8H2,1-2H3. The lowest BCUT2D eigenvalue weighted by Gasteiger charge is -2.16. The van der Waals surface area contributed by atoms with Gasteiger partial charge in [-0.2, -0.15) is 0 Å². The Balaban J connectivity index is 1.62. The monoisotopic (exact) mass is 249 g/mol. The summed E-state index contributed by atoms with van der Waals surface area (Å²) in [6.45, 7) is 6.08. The molecular weight excluding hydrogens is 226 g/mol. The highest BCUT2D eigenvalue weighted by Crippen LogP contribution is 2.49. The molecule has 2 fully saturated rings. The summed E-state index contributed by atoms with van der Waals surface area (Å²) in [6, 6.07) is 0.470. The van der Waals surface area contributed by atoms with Crippen LogP contribution in [0.3, 0.4) is 0 Å². The molecule has 2 aliphatic carbocycles. The van der Waals surface area contributed by atoms with Crippen molar-refractivity contribution < 1.29 is 0 Å². The van der Waals surface area contributed by atoms with Gasteiger partial charge in [-0.3, -0.25) is 0 Å². The minimum absolute atomic E-state index is 0.470. The van der Waals surface area contributed by atoms with Crippen LogP contribution in [0.2, 0.25) is 0 Å². The molecule has 0 atom stereocenters. The van der Waals surface area contributed by atoms with Gasteiger partial charge in [0.15, 0.2) is 5.82 Å². The zero-order valence-corrected chi connectivity index (χ0v) is 11.3. The van der Waals surface area contributed by atoms with Gasteiger partial charge in [0.25, 0.3) is 0 Å². The number of rotatable bonds is 7. The van der Waals surface area contributed by atoms with Gasteiger partial charge in [0, 0.05) is 12.6 Å². The van der Waals surface area contributed by atoms with E-state index in [1.165, 1.54) is 25.7 Å². The number of tetrazole rings is 1. The Bertz CT molecular complexity index is 380. The Hall–Kier alpha value is -0.970. The molecule has 0 spiro atoms. The first-order chi connectivity index (χ1) is 8.74. The van der Waals surface area contributed by atoms with Gasteiger partial charge in [0.1, 0.15) is 0 Å². The molecule has 0 unspecified atom stereocenters. The van der Waals surface area contributed by atoms with Crippen LogP contribution in [0, 0.1) is 17.8 Å². The van der Waals surface area contributed by atoms with Crippen LogP contribution in [0.4, 0.5) is 0 Å². The van der Waals surface area contributed by atoms with Gasteiger partial charge in [-0.1, -0.05) is 13.8 Å². The largest absolute Gasteiger partial charge is 0.308 e. The average molecular weight is 249 g/mol. The third-order valence-electron chi connectivity index (χ3n) is 4.11. The van der Waals surface area contributed by atoms with E-state index in [1.807, 2.05) is 4.68 Å². The van der Waals surface area contributed by atoms with Crippen LogP contribution < -0.4 is 5.32 Å². The molecule has 2 saturated carbocycles. The topological polar surface area (TPSA) is 55.6 Å². The summed E-state index contributed by atoms with van der Waals surface area (Å²) in [5, 5.41) is 15.5. The second kappa shape index (κ2) is 4.96. The van der Waals surface area contributed by atoms with Gasteiger partial charge in [0.2, 0.25) is 0 Å². The zero-order chi connectivity index (χ0) is 12.5. The number of nitrogens with zero attached hydrogens (tertiary/aromatic N) is 4. The van der Waals surface area contributed by atoms with E-state index in [4.69, 9.17) is 0 Å². The number of nitrogens with one attached hydrogen (secondary N) is 1. The minimum atomic E-state index is 0.470. The summed E-state index contributed by atoms with van der Waals surface area (Å²) in [6.07, 6.45) is 5.68. The maximum Gasteiger partial charge on any atom is 0.165 e. The first kappa shape index (κ1) is 12.1. The Morgan fingerprint density at radius 1 is 1.22 bits per heavy atom. The molecule has 3 rings (SSSR count). The molecule has 2 aliphatic rings. The van der Waals surface area contributed by atoms with Crippen LogP contribution in [-0.4, -0.2) is 26.2 Å². The van der Waals surface area contributed by atoms with E-state index in [-0.39, 0.29) is 0 Å². The normalized spacial score (nSPS) is 20.0. The van der Waals surface area contributed by atoms with Crippen molar-refractivity contribution in [1.82, 2.24) is 25.5 Å². The molecule has 0 aromatic carbocycles. The number of hydrogen-bond donors (Lipinski definition) is 1. The van der Waals surface area contributed by atoms with Crippen molar-refractivity contribution in [2.24, 2.45) is 17.8 Å². The van der Waals surface area contributed by atoms with Crippen molar-refractivity contribution >= 4 is 0 Å². The van der Waals surface area contributed by atoms with Crippen molar-refractivity contribution in [3.63, 3.8) is 0 Å². The maximum atomic E-state index is 4.17. The van der Waals surface area contributed by atoms with Crippen LogP contribution >= 0.6 is 0 Å². The molecule has 5 heteroatoms. The van der Waals surface area contributed by atoms with Gasteiger partial charge in [-0.15, -0.1) is 5.10 Å². The van der Waals surface area contributed by atoms with E-state index in [0.717, 1.165) is 36.7 Å². The molecule has 5 nitrogen and oxygen atoms in total. The van der Waals surface area contributed by atoms with Gasteiger partial charge in [-0.25, -0.2) is 4.68 Å². The van der Waals surface area contributed by atoms with E-state index in [0.29, 0.717) is 6.04 Å². The van der Waals surface area contributed by atoms with Gasteiger partial charge < -0.3 is 5.32 Å². The second-order valence-electron chi connectivity index (χ2n) is 6.15. The third-order valence-corrected chi connectivity index (χ3v) is 4.11. The summed E-state index contributed by atoms with van der Waals surface area (Å²) in [7, 11) is 0. The summed E-state index contributed by atoms with van der Waals surface area (Å²) >= 11 is 0. The Morgan fingerprint density at radius 3 is 2.44 bits per heavy atom. The lowest BCUT2D eigenvalue weighted by atomic mass is 9.98. The molecule has 1 heterocycles. The highest BCUT2D eigenvalue weighted by atomic mass is 15.5. The lowest BCUT2D eigenvalue weighted by molar-refractivity contribution is 0.322. The molecule has 0 bridgehead atoms. The van der Waals surface area contributed by atoms with Crippen LogP contribution in [0.25, 0.3) is 0 Å². The SMILES string of the molecule is CC(C)NCc1nnnn1CC(C1CC1)C1CC1. The predicted molar refractivity (Wildman–Crippen MR) is 68.7 cm³/mol. The van der Waals surface area contributed by atoms with Gasteiger partial charge >= 0.3 is 0 Å². The van der Waals surface area contributed by atoms with Crippen molar-refractivity contribution in [1.29, 1.82) is 0 Å². The molecule has 1 N–H and O–H groups in total. The molecular formula is C13H23N5. The summed E-state index contributed by atoms with van der Waals surface area (Å²) in [5.74, 6) is 3.71. The van der Waals surface area contributed by atoms with Crippen LogP contribution in [0.15, 0.2) is 0 Å². The van der Waals surface area contributed by atoms with Crippen molar-refractivity contribution in [3.05, 3.63) is 5.82 Å². The Kier molecular flexibility index (Phi) is 3.33. The fraction of sp³-hybridized carbons (Fsp3) is 0.923. The highest BCUT2D eigenvalue weighted by molar-refractivity contribution is 4.92. The van der Waals surface area contributed by atoms with Crippen molar-refractivity contribution in [3.8, 4) is 0 Å². The predicted octanol–water partition coefficient (Wildman–Crippen LogP) is 1.61. The van der Waals surface area contributed by atoms with E-state index < -0.39 is 0 Å². The molecule has 18 heavy (non-hydrogen) atoms. The molecule has 1 aromatic heterocycles. The third kappa shape index (κ3) is 2.88. The summed E-state index contributed by atoms with van der Waals surface area (Å²) in [5.41, 5.74) is 0. The number of aromatic nitrogens is 4. The van der Waals surface area contributed by atoms with Crippen LogP contribution in [0.5, 0.6) is 0 Å². The lowest BCUT2D eigenvalue weighted by Crippen LogP contribution is -2.26. The Morgan fingerprint density at radius 2 is 1.89 bits per heavy atom. The molecule has 1 aromatic rings. The molecule has 0 radical (unpaired) electrons. The zero-order valence-electron chi connectivity index (χ0n) is 11.3. The average Bonchev–Trinajstić information content (AvgIpc) is 3.23. The molecule has 0 amide bonds. The van der Waals surface area contributed by atoms with Crippen molar-refractivity contribution in [2.45, 2.75) is 58.7 Å². The van der Waals surface area contributed by atoms with Crippen molar-refractivity contribution in [2.75, 3.05) is 0 Å². The van der Waals surface area contributed by atoms with E-state index in [9.17, 15) is 0 Å². The van der Waals surface area contributed by atoms with Crippen LogP contribution in [-0.2, 0) is 13.1 Å². The molecule has 100 valence electrons. The summed E-state index contributed by atoms with van der Waals surface area (Å²) < 4.78 is 2.02. The smallest absolute Gasteiger partial charge is 0.165 e. The van der Waals surface area contributed by atoms with E-state index in [1.54, 1.807) is 0 Å². The summed E-state index contributed by atoms with van der Waals surface area (Å²) in [4.78, 5) is 0. The maximum absolute atomic E-state index is 4.17. The Labute approximate surface area is 108 Å². The quantitative estimate of drug-likeness (QED) is 0.797. The molecule has 0 saturated heterocycles. The van der Waals surface area contributed by atoms with Crippen LogP contribution in [0.1, 0.15) is 45.4 Å². The fourth-order valence-corrected chi connectivity index (χ4v) is 2.72. The van der Waals surface area contributed by atoms with Gasteiger partial charge in [0.05, 0.1) is 6.54 Å². The first-order valence-electron chi connectivity index (χ1n) is 7.22. The number of hydrogen-bond acceptors (Lipinski definition) is 4. The minimum Gasteiger partial charge on any atom is -0.308 e. The second-order valence-corrected chi connectivity index (χ2v) is 6.15.